The molecule has 1 aromatic heterocycles. The number of hydrogen-bond acceptors (Lipinski definition) is 4. The summed E-state index contributed by atoms with van der Waals surface area (Å²) in [5.41, 5.74) is -0.114. The molecule has 0 aromatic carbocycles. The highest BCUT2D eigenvalue weighted by atomic mass is 16.5. The maximum absolute atomic E-state index is 12.9. The summed E-state index contributed by atoms with van der Waals surface area (Å²) in [7, 11) is 0. The van der Waals surface area contributed by atoms with Crippen LogP contribution in [0.2, 0.25) is 0 Å². The van der Waals surface area contributed by atoms with E-state index in [0.717, 1.165) is 0 Å². The van der Waals surface area contributed by atoms with Crippen LogP contribution in [0.5, 0.6) is 0 Å². The Kier molecular flexibility index (Phi) is 4.34. The van der Waals surface area contributed by atoms with E-state index in [2.05, 4.69) is 10.5 Å². The van der Waals surface area contributed by atoms with Crippen LogP contribution in [-0.4, -0.2) is 33.5 Å². The van der Waals surface area contributed by atoms with Crippen LogP contribution in [0, 0.1) is 6.92 Å². The van der Waals surface area contributed by atoms with E-state index >= 15 is 0 Å². The van der Waals surface area contributed by atoms with E-state index in [1.807, 2.05) is 20.8 Å². The summed E-state index contributed by atoms with van der Waals surface area (Å²) in [6.45, 7) is 7.87. The highest BCUT2D eigenvalue weighted by molar-refractivity contribution is 5.99. The zero-order valence-electron chi connectivity index (χ0n) is 13.1. The molecule has 1 aromatic rings. The minimum atomic E-state index is -0.790. The lowest BCUT2D eigenvalue weighted by molar-refractivity contribution is -0.156. The average Bonchev–Trinajstić information content (AvgIpc) is 2.88. The van der Waals surface area contributed by atoms with E-state index in [1.54, 1.807) is 17.9 Å². The predicted octanol–water partition coefficient (Wildman–Crippen LogP) is 1.78. The first-order valence-electron chi connectivity index (χ1n) is 7.52. The second kappa shape index (κ2) is 5.87. The van der Waals surface area contributed by atoms with Crippen molar-refractivity contribution in [1.29, 1.82) is 0 Å². The van der Waals surface area contributed by atoms with Gasteiger partial charge < -0.3 is 14.7 Å². The molecule has 1 saturated heterocycles. The van der Waals surface area contributed by atoms with Crippen molar-refractivity contribution in [2.24, 2.45) is 0 Å². The van der Waals surface area contributed by atoms with Crippen LogP contribution in [0.4, 0.5) is 0 Å². The van der Waals surface area contributed by atoms with Gasteiger partial charge in [0.05, 0.1) is 6.54 Å². The van der Waals surface area contributed by atoms with Gasteiger partial charge in [-0.1, -0.05) is 25.9 Å². The Morgan fingerprint density at radius 3 is 2.48 bits per heavy atom. The summed E-state index contributed by atoms with van der Waals surface area (Å²) < 4.78 is 5.05. The molecule has 2 heterocycles. The van der Waals surface area contributed by atoms with E-state index in [1.165, 1.54) is 0 Å². The molecule has 0 radical (unpaired) electrons. The van der Waals surface area contributed by atoms with E-state index < -0.39 is 11.6 Å². The Balaban J connectivity index is 2.32. The summed E-state index contributed by atoms with van der Waals surface area (Å²) in [6.07, 6.45) is 1.75. The minimum absolute atomic E-state index is 0.0281. The van der Waals surface area contributed by atoms with Gasteiger partial charge in [-0.15, -0.1) is 0 Å². The van der Waals surface area contributed by atoms with Gasteiger partial charge >= 0.3 is 0 Å². The van der Waals surface area contributed by atoms with Crippen LogP contribution >= 0.6 is 0 Å². The van der Waals surface area contributed by atoms with Crippen molar-refractivity contribution in [2.75, 3.05) is 0 Å². The van der Waals surface area contributed by atoms with Crippen LogP contribution in [0.15, 0.2) is 10.6 Å². The fourth-order valence-electron chi connectivity index (χ4n) is 2.91. The standard InChI is InChI=1S/C15H23N3O3/c1-5-12-13(19)16-15(6-2,7-3)14(20)18(12)9-11-8-10(4)21-17-11/h8,12H,5-7,9H2,1-4H3,(H,16,19). The second-order valence-corrected chi connectivity index (χ2v) is 5.56. The summed E-state index contributed by atoms with van der Waals surface area (Å²) >= 11 is 0. The molecule has 0 spiro atoms. The van der Waals surface area contributed by atoms with Crippen molar-refractivity contribution < 1.29 is 14.1 Å². The normalized spacial score (nSPS) is 21.5. The Labute approximate surface area is 124 Å². The third kappa shape index (κ3) is 2.66. The molecule has 0 aliphatic carbocycles. The van der Waals surface area contributed by atoms with E-state index in [4.69, 9.17) is 4.52 Å². The van der Waals surface area contributed by atoms with Crippen molar-refractivity contribution >= 4 is 11.8 Å². The van der Waals surface area contributed by atoms with Gasteiger partial charge in [0.25, 0.3) is 0 Å². The Hall–Kier alpha value is -1.85. The molecule has 6 heteroatoms. The smallest absolute Gasteiger partial charge is 0.249 e. The van der Waals surface area contributed by atoms with Gasteiger partial charge in [-0.3, -0.25) is 9.59 Å². The number of hydrogen-bond donors (Lipinski definition) is 1. The monoisotopic (exact) mass is 293 g/mol. The van der Waals surface area contributed by atoms with Crippen molar-refractivity contribution in [1.82, 2.24) is 15.4 Å². The molecule has 6 nitrogen and oxygen atoms in total. The number of nitrogens with zero attached hydrogens (tertiary/aromatic N) is 2. The number of rotatable bonds is 5. The van der Waals surface area contributed by atoms with Gasteiger partial charge in [0.2, 0.25) is 11.8 Å². The number of amides is 2. The van der Waals surface area contributed by atoms with Crippen LogP contribution < -0.4 is 5.32 Å². The first-order chi connectivity index (χ1) is 9.97. The van der Waals surface area contributed by atoms with Crippen LogP contribution in [0.3, 0.4) is 0 Å². The third-order valence-corrected chi connectivity index (χ3v) is 4.31. The molecule has 1 N–H and O–H groups in total. The van der Waals surface area contributed by atoms with E-state index in [-0.39, 0.29) is 11.8 Å². The quantitative estimate of drug-likeness (QED) is 0.898. The highest BCUT2D eigenvalue weighted by Gasteiger charge is 2.48. The molecule has 1 fully saturated rings. The first-order valence-corrected chi connectivity index (χ1v) is 7.52. The van der Waals surface area contributed by atoms with Gasteiger partial charge in [0, 0.05) is 6.07 Å². The fraction of sp³-hybridized carbons (Fsp3) is 0.667. The van der Waals surface area contributed by atoms with E-state index in [9.17, 15) is 9.59 Å². The fourth-order valence-corrected chi connectivity index (χ4v) is 2.91. The number of aryl methyl sites for hydroxylation is 1. The van der Waals surface area contributed by atoms with Gasteiger partial charge in [0.1, 0.15) is 23.0 Å². The first kappa shape index (κ1) is 15.5. The Bertz CT molecular complexity index is 534. The van der Waals surface area contributed by atoms with E-state index in [0.29, 0.717) is 37.3 Å². The van der Waals surface area contributed by atoms with Gasteiger partial charge in [-0.05, 0) is 26.2 Å². The predicted molar refractivity (Wildman–Crippen MR) is 77.3 cm³/mol. The van der Waals surface area contributed by atoms with Crippen molar-refractivity contribution in [3.63, 3.8) is 0 Å². The zero-order valence-corrected chi connectivity index (χ0v) is 13.1. The summed E-state index contributed by atoms with van der Waals surface area (Å²) in [4.78, 5) is 26.9. The average molecular weight is 293 g/mol. The molecular weight excluding hydrogens is 270 g/mol. The number of piperazine rings is 1. The number of carbonyl (C=O) groups is 2. The molecular formula is C15H23N3O3. The Morgan fingerprint density at radius 1 is 1.33 bits per heavy atom. The van der Waals surface area contributed by atoms with Gasteiger partial charge in [-0.2, -0.15) is 0 Å². The SMILES string of the molecule is CCC1C(=O)NC(CC)(CC)C(=O)N1Cc1cc(C)on1. The third-order valence-electron chi connectivity index (χ3n) is 4.31. The second-order valence-electron chi connectivity index (χ2n) is 5.56. The molecule has 1 aliphatic rings. The molecule has 21 heavy (non-hydrogen) atoms. The molecule has 116 valence electrons. The van der Waals surface area contributed by atoms with Gasteiger partial charge in [0.15, 0.2) is 0 Å². The molecule has 0 saturated carbocycles. The maximum atomic E-state index is 12.9. The van der Waals surface area contributed by atoms with Crippen molar-refractivity contribution in [3.8, 4) is 0 Å². The van der Waals surface area contributed by atoms with Crippen molar-refractivity contribution in [2.45, 2.75) is 65.1 Å². The number of nitrogens with one attached hydrogen (secondary N) is 1. The largest absolute Gasteiger partial charge is 0.361 e. The summed E-state index contributed by atoms with van der Waals surface area (Å²) in [5.74, 6) is 0.588. The zero-order chi connectivity index (χ0) is 15.6. The lowest BCUT2D eigenvalue weighted by Gasteiger charge is -2.45. The molecule has 0 bridgehead atoms. The minimum Gasteiger partial charge on any atom is -0.361 e. The van der Waals surface area contributed by atoms with Crippen molar-refractivity contribution in [3.05, 3.63) is 17.5 Å². The van der Waals surface area contributed by atoms with Gasteiger partial charge in [-0.25, -0.2) is 0 Å². The maximum Gasteiger partial charge on any atom is 0.249 e. The highest BCUT2D eigenvalue weighted by Crippen LogP contribution is 2.27. The lowest BCUT2D eigenvalue weighted by Crippen LogP contribution is -2.69. The molecule has 1 aliphatic heterocycles. The molecule has 1 unspecified atom stereocenters. The van der Waals surface area contributed by atoms with Crippen LogP contribution in [0.1, 0.15) is 51.5 Å². The summed E-state index contributed by atoms with van der Waals surface area (Å²) in [6, 6.07) is 1.35. The lowest BCUT2D eigenvalue weighted by atomic mass is 9.86. The molecule has 2 rings (SSSR count). The molecule has 2 amide bonds. The number of aromatic nitrogens is 1. The topological polar surface area (TPSA) is 75.4 Å². The Morgan fingerprint density at radius 2 is 2.00 bits per heavy atom. The molecule has 1 atom stereocenters. The summed E-state index contributed by atoms with van der Waals surface area (Å²) in [5, 5.41) is 6.86. The van der Waals surface area contributed by atoms with Crippen LogP contribution in [-0.2, 0) is 16.1 Å². The number of carbonyl (C=O) groups excluding carboxylic acids is 2. The van der Waals surface area contributed by atoms with Crippen LogP contribution in [0.25, 0.3) is 0 Å².